The third-order valence-electron chi connectivity index (χ3n) is 3.29. The first-order valence-corrected chi connectivity index (χ1v) is 7.89. The molecule has 0 spiro atoms. The van der Waals surface area contributed by atoms with Gasteiger partial charge in [0.05, 0.1) is 19.3 Å². The van der Waals surface area contributed by atoms with E-state index in [1.807, 2.05) is 29.9 Å². The highest BCUT2D eigenvalue weighted by Crippen LogP contribution is 2.34. The molecule has 0 aliphatic heterocycles. The lowest BCUT2D eigenvalue weighted by Crippen LogP contribution is -2.23. The van der Waals surface area contributed by atoms with Crippen LogP contribution in [0.4, 0.5) is 0 Å². The van der Waals surface area contributed by atoms with Gasteiger partial charge in [0.1, 0.15) is 5.69 Å². The van der Waals surface area contributed by atoms with Crippen molar-refractivity contribution in [3.63, 3.8) is 0 Å². The number of nitrogens with one attached hydrogen (secondary N) is 1. The maximum Gasteiger partial charge on any atom is 0.161 e. The molecule has 2 aromatic rings. The van der Waals surface area contributed by atoms with Crippen LogP contribution in [0.15, 0.2) is 28.9 Å². The molecule has 1 aromatic carbocycles. The summed E-state index contributed by atoms with van der Waals surface area (Å²) in [7, 11) is 3.57. The van der Waals surface area contributed by atoms with Crippen molar-refractivity contribution in [3.05, 3.63) is 45.1 Å². The molecule has 0 saturated carbocycles. The Balaban J connectivity index is 2.57. The summed E-state index contributed by atoms with van der Waals surface area (Å²) in [5.74, 6) is 0.763. The second kappa shape index (κ2) is 6.81. The predicted molar refractivity (Wildman–Crippen MR) is 89.2 cm³/mol. The van der Waals surface area contributed by atoms with Crippen molar-refractivity contribution in [2.45, 2.75) is 25.9 Å². The van der Waals surface area contributed by atoms with Crippen molar-refractivity contribution >= 4 is 27.5 Å². The molecule has 1 N–H and O–H groups in total. The number of methoxy groups -OCH3 is 1. The lowest BCUT2D eigenvalue weighted by molar-refractivity contribution is 0.396. The number of hydrogen-bond donors (Lipinski definition) is 1. The minimum absolute atomic E-state index is 0.0557. The van der Waals surface area contributed by atoms with E-state index in [4.69, 9.17) is 16.3 Å². The van der Waals surface area contributed by atoms with Crippen molar-refractivity contribution < 1.29 is 4.74 Å². The number of halogens is 2. The van der Waals surface area contributed by atoms with E-state index in [1.54, 1.807) is 13.3 Å². The van der Waals surface area contributed by atoms with E-state index in [0.717, 1.165) is 21.5 Å². The van der Waals surface area contributed by atoms with Gasteiger partial charge in [-0.15, -0.1) is 0 Å². The molecule has 1 heterocycles. The zero-order chi connectivity index (χ0) is 15.6. The van der Waals surface area contributed by atoms with Crippen molar-refractivity contribution in [3.8, 4) is 5.75 Å². The van der Waals surface area contributed by atoms with E-state index < -0.39 is 0 Å². The third-order valence-corrected chi connectivity index (χ3v) is 3.96. The Labute approximate surface area is 138 Å². The highest BCUT2D eigenvalue weighted by atomic mass is 79.9. The molecule has 1 aromatic heterocycles. The Bertz CT molecular complexity index is 607. The number of aromatic nitrogens is 2. The molecule has 114 valence electrons. The highest BCUT2D eigenvalue weighted by Gasteiger charge is 2.24. The minimum Gasteiger partial charge on any atom is -0.493 e. The van der Waals surface area contributed by atoms with E-state index in [1.165, 1.54) is 0 Å². The number of ether oxygens (including phenoxy) is 1. The van der Waals surface area contributed by atoms with Gasteiger partial charge < -0.3 is 10.1 Å². The first kappa shape index (κ1) is 16.3. The van der Waals surface area contributed by atoms with Gasteiger partial charge in [-0.05, 0) is 44.7 Å². The van der Waals surface area contributed by atoms with Gasteiger partial charge in [-0.2, -0.15) is 5.10 Å². The topological polar surface area (TPSA) is 39.1 Å². The zero-order valence-corrected chi connectivity index (χ0v) is 14.9. The van der Waals surface area contributed by atoms with Crippen LogP contribution in [0.3, 0.4) is 0 Å². The third kappa shape index (κ3) is 3.42. The summed E-state index contributed by atoms with van der Waals surface area (Å²) in [4.78, 5) is 0. The van der Waals surface area contributed by atoms with Gasteiger partial charge in [-0.3, -0.25) is 4.68 Å². The van der Waals surface area contributed by atoms with Gasteiger partial charge in [0.2, 0.25) is 0 Å². The van der Waals surface area contributed by atoms with Gasteiger partial charge in [-0.1, -0.05) is 27.5 Å². The van der Waals surface area contributed by atoms with Crippen LogP contribution < -0.4 is 10.1 Å². The summed E-state index contributed by atoms with van der Waals surface area (Å²) < 4.78 is 8.38. The Morgan fingerprint density at radius 2 is 2.05 bits per heavy atom. The number of rotatable bonds is 5. The molecule has 0 aliphatic carbocycles. The van der Waals surface area contributed by atoms with Crippen LogP contribution in [0.2, 0.25) is 5.02 Å². The molecule has 0 fully saturated rings. The minimum atomic E-state index is -0.0557. The van der Waals surface area contributed by atoms with Crippen molar-refractivity contribution in [1.29, 1.82) is 0 Å². The summed E-state index contributed by atoms with van der Waals surface area (Å²) in [6.45, 7) is 4.19. The standard InChI is InChI=1S/C15H19BrClN3O/c1-9(2)20-15(13(21-4)8-19-20)14(18-3)10-5-11(16)7-12(17)6-10/h5-9,14,18H,1-4H3. The maximum absolute atomic E-state index is 6.18. The van der Waals surface area contributed by atoms with Gasteiger partial charge in [0.15, 0.2) is 5.75 Å². The largest absolute Gasteiger partial charge is 0.493 e. The molecule has 2 rings (SSSR count). The fraction of sp³-hybridized carbons (Fsp3) is 0.400. The summed E-state index contributed by atoms with van der Waals surface area (Å²) in [5.41, 5.74) is 2.04. The summed E-state index contributed by atoms with van der Waals surface area (Å²) >= 11 is 9.67. The fourth-order valence-electron chi connectivity index (χ4n) is 2.40. The quantitative estimate of drug-likeness (QED) is 0.855. The Hall–Kier alpha value is -1.04. The van der Waals surface area contributed by atoms with Gasteiger partial charge in [0, 0.05) is 15.5 Å². The SMILES string of the molecule is CNC(c1cc(Cl)cc(Br)c1)c1c(OC)cnn1C(C)C. The van der Waals surface area contributed by atoms with Gasteiger partial charge >= 0.3 is 0 Å². The van der Waals surface area contributed by atoms with Crippen LogP contribution in [0, 0.1) is 0 Å². The smallest absolute Gasteiger partial charge is 0.161 e. The van der Waals surface area contributed by atoms with Crippen molar-refractivity contribution in [1.82, 2.24) is 15.1 Å². The molecule has 4 nitrogen and oxygen atoms in total. The zero-order valence-electron chi connectivity index (χ0n) is 12.5. The van der Waals surface area contributed by atoms with Crippen LogP contribution >= 0.6 is 27.5 Å². The maximum atomic E-state index is 6.18. The molecule has 21 heavy (non-hydrogen) atoms. The molecule has 6 heteroatoms. The first-order chi connectivity index (χ1) is 9.97. The number of hydrogen-bond acceptors (Lipinski definition) is 3. The Morgan fingerprint density at radius 1 is 1.33 bits per heavy atom. The molecule has 1 atom stereocenters. The highest BCUT2D eigenvalue weighted by molar-refractivity contribution is 9.10. The van der Waals surface area contributed by atoms with Gasteiger partial charge in [0.25, 0.3) is 0 Å². The average molecular weight is 373 g/mol. The molecule has 0 radical (unpaired) electrons. The molecule has 0 saturated heterocycles. The lowest BCUT2D eigenvalue weighted by atomic mass is 10.0. The van der Waals surface area contributed by atoms with Crippen LogP contribution in [-0.4, -0.2) is 23.9 Å². The molecular formula is C15H19BrClN3O. The number of benzene rings is 1. The van der Waals surface area contributed by atoms with Crippen LogP contribution in [0.5, 0.6) is 5.75 Å². The predicted octanol–water partition coefficient (Wildman–Crippen LogP) is 4.20. The summed E-state index contributed by atoms with van der Waals surface area (Å²) in [6, 6.07) is 6.05. The monoisotopic (exact) mass is 371 g/mol. The van der Waals surface area contributed by atoms with Crippen molar-refractivity contribution in [2.24, 2.45) is 0 Å². The Morgan fingerprint density at radius 3 is 2.57 bits per heavy atom. The molecule has 0 amide bonds. The van der Waals surface area contributed by atoms with E-state index >= 15 is 0 Å². The van der Waals surface area contributed by atoms with E-state index in [0.29, 0.717) is 5.02 Å². The van der Waals surface area contributed by atoms with Crippen molar-refractivity contribution in [2.75, 3.05) is 14.2 Å². The first-order valence-electron chi connectivity index (χ1n) is 6.72. The van der Waals surface area contributed by atoms with E-state index in [-0.39, 0.29) is 12.1 Å². The Kier molecular flexibility index (Phi) is 5.30. The molecule has 0 bridgehead atoms. The number of nitrogens with zero attached hydrogens (tertiary/aromatic N) is 2. The normalized spacial score (nSPS) is 12.7. The molecule has 0 aliphatic rings. The fourth-order valence-corrected chi connectivity index (χ4v) is 3.29. The molecule has 1 unspecified atom stereocenters. The van der Waals surface area contributed by atoms with Crippen LogP contribution in [0.25, 0.3) is 0 Å². The lowest BCUT2D eigenvalue weighted by Gasteiger charge is -2.22. The second-order valence-corrected chi connectivity index (χ2v) is 6.41. The summed E-state index contributed by atoms with van der Waals surface area (Å²) in [6.07, 6.45) is 1.75. The van der Waals surface area contributed by atoms with E-state index in [2.05, 4.69) is 40.2 Å². The van der Waals surface area contributed by atoms with Gasteiger partial charge in [-0.25, -0.2) is 0 Å². The average Bonchev–Trinajstić information content (AvgIpc) is 2.82. The summed E-state index contributed by atoms with van der Waals surface area (Å²) in [5, 5.41) is 8.45. The second-order valence-electron chi connectivity index (χ2n) is 5.06. The van der Waals surface area contributed by atoms with Crippen LogP contribution in [-0.2, 0) is 0 Å². The molecular weight excluding hydrogens is 354 g/mol. The van der Waals surface area contributed by atoms with E-state index in [9.17, 15) is 0 Å². The van der Waals surface area contributed by atoms with Crippen LogP contribution in [0.1, 0.15) is 37.2 Å².